The second-order valence-electron chi connectivity index (χ2n) is 13.4. The van der Waals surface area contributed by atoms with Gasteiger partial charge in [-0.25, -0.2) is 4.39 Å². The van der Waals surface area contributed by atoms with Gasteiger partial charge in [-0.2, -0.15) is 22.0 Å². The molecular weight excluding hydrogens is 1250 g/mol. The first kappa shape index (κ1) is 56.8. The van der Waals surface area contributed by atoms with Crippen molar-refractivity contribution >= 4 is 92.2 Å². The summed E-state index contributed by atoms with van der Waals surface area (Å²) >= 11 is -22.6. The van der Waals surface area contributed by atoms with Crippen LogP contribution in [-0.2, 0) is 19.9 Å². The first-order chi connectivity index (χ1) is 30.4. The van der Waals surface area contributed by atoms with Crippen LogP contribution in [0.5, 0.6) is 0 Å². The molecule has 0 nitrogen and oxygen atoms in total. The molecule has 2 atom stereocenters. The monoisotopic (exact) mass is 1280 g/mol. The molecule has 0 fully saturated rings. The predicted molar refractivity (Wildman–Crippen MR) is 237 cm³/mol. The zero-order valence-electron chi connectivity index (χ0n) is 33.2. The van der Waals surface area contributed by atoms with E-state index in [0.29, 0.717) is 0 Å². The van der Waals surface area contributed by atoms with Gasteiger partial charge in [-0.15, -0.1) is 0 Å². The van der Waals surface area contributed by atoms with E-state index in [2.05, 4.69) is 91.0 Å². The second-order valence-corrected chi connectivity index (χ2v) is 33.6. The van der Waals surface area contributed by atoms with E-state index in [1.54, 1.807) is 18.2 Å². The van der Waals surface area contributed by atoms with Crippen LogP contribution >= 0.6 is 33.3 Å². The van der Waals surface area contributed by atoms with Crippen LogP contribution in [0, 0.1) is 0 Å². The number of alkyl halides is 6. The number of rotatable bonds is 10. The van der Waals surface area contributed by atoms with Crippen LogP contribution in [0.15, 0.2) is 224 Å². The Hall–Kier alpha value is -2.81. The molecule has 6 aromatic rings. The van der Waals surface area contributed by atoms with Crippen molar-refractivity contribution in [1.29, 1.82) is 0 Å². The van der Waals surface area contributed by atoms with Crippen molar-refractivity contribution in [3.05, 3.63) is 194 Å². The van der Waals surface area contributed by atoms with E-state index < -0.39 is 71.7 Å². The van der Waals surface area contributed by atoms with Gasteiger partial charge in [0.15, 0.2) is 23.6 Å². The van der Waals surface area contributed by atoms with Crippen LogP contribution in [0.2, 0.25) is 0 Å². The third-order valence-electron chi connectivity index (χ3n) is 7.79. The van der Waals surface area contributed by atoms with Crippen LogP contribution in [0.4, 0.5) is 60.1 Å². The van der Waals surface area contributed by atoms with Crippen LogP contribution in [0.1, 0.15) is 0 Å². The van der Waals surface area contributed by atoms with E-state index in [0.717, 1.165) is 0 Å². The van der Waals surface area contributed by atoms with Crippen LogP contribution in [0.25, 0.3) is 0 Å². The number of halogens is 18. The van der Waals surface area contributed by atoms with Crippen molar-refractivity contribution < 1.29 is 60.1 Å². The molecule has 0 N–H and O–H groups in total. The van der Waals surface area contributed by atoms with Gasteiger partial charge in [0.1, 0.15) is 32.5 Å². The van der Waals surface area contributed by atoms with Gasteiger partial charge >= 0.3 is 89.6 Å². The zero-order chi connectivity index (χ0) is 50.2. The Morgan fingerprint density at radius 2 is 0.597 bits per heavy atom. The molecule has 0 aliphatic heterocycles. The molecule has 67 heavy (non-hydrogen) atoms. The average Bonchev–Trinajstić information content (AvgIpc) is 3.22. The van der Waals surface area contributed by atoms with Crippen molar-refractivity contribution in [3.8, 4) is 0 Å². The number of hydrogen-bond acceptors (Lipinski definition) is 3. The molecule has 0 saturated carbocycles. The van der Waals surface area contributed by atoms with Crippen molar-refractivity contribution in [3.63, 3.8) is 0 Å². The Morgan fingerprint density at radius 3 is 0.910 bits per heavy atom. The van der Waals surface area contributed by atoms with E-state index in [9.17, 15) is 33.8 Å². The fourth-order valence-electron chi connectivity index (χ4n) is 5.17. The third kappa shape index (κ3) is 19.5. The molecule has 1 aliphatic rings. The maximum atomic E-state index is 16.3. The summed E-state index contributed by atoms with van der Waals surface area (Å²) in [5.74, 6) is -10.7. The minimum Gasteiger partial charge on any atom is -0.0622 e. The Kier molecular flexibility index (Phi) is 17.1. The number of hydrogen-bond donors (Lipinski definition) is 0. The standard InChI is InChI=1S/C24H17F6S2.C18H15S3.12FH.2Sb/c25-21(31-18-10-4-1-5-11-18)16-17-22(26,24(29,30)23(21,27)28)32(19-12-6-2-7-13-19)20-14-8-3-9-15-20;1-4-10-16(11-5-1)19-21(18-14-8-3-9-15-18)20-17-12-6-2-7-13-17;;;;;;;;;;;;;;/h1-17H;1-15H;12*1H;;/q2*+1;;;;;;;;;;;;;2*+5/p-12. The van der Waals surface area contributed by atoms with Crippen molar-refractivity contribution in [2.24, 2.45) is 0 Å². The molecule has 0 bridgehead atoms. The maximum absolute atomic E-state index is 16.3. The van der Waals surface area contributed by atoms with E-state index in [4.69, 9.17) is 0 Å². The van der Waals surface area contributed by atoms with Crippen molar-refractivity contribution in [1.82, 2.24) is 0 Å². The van der Waals surface area contributed by atoms with Gasteiger partial charge in [-0.3, -0.25) is 0 Å². The van der Waals surface area contributed by atoms with E-state index in [-0.39, 0.29) is 47.6 Å². The Labute approximate surface area is 394 Å². The molecule has 0 radical (unpaired) electrons. The molecule has 6 aromatic carbocycles. The van der Waals surface area contributed by atoms with Gasteiger partial charge in [-0.1, -0.05) is 121 Å². The van der Waals surface area contributed by atoms with Crippen LogP contribution < -0.4 is 0 Å². The van der Waals surface area contributed by atoms with Crippen molar-refractivity contribution in [2.75, 3.05) is 0 Å². The second kappa shape index (κ2) is 20.1. The molecule has 0 aromatic heterocycles. The Balaban J connectivity index is 0.000000238. The molecule has 7 rings (SSSR count). The minimum absolute atomic E-state index is 0.0200. The third-order valence-corrected chi connectivity index (χ3v) is 17.8. The summed E-state index contributed by atoms with van der Waals surface area (Å²) in [5, 5.41) is -7.69. The minimum atomic E-state index is -11.2. The van der Waals surface area contributed by atoms with Gasteiger partial charge in [0.25, 0.3) is 0 Å². The molecule has 2 unspecified atom stereocenters. The SMILES string of the molecule is FC1(Sc2ccccc2)C=CC(F)([S+](c2ccccc2)c2ccccc2)C(F)(F)C1(F)F.[F][Sb-]([F])([F])([F])([F])[F].[F][Sb-]([F])([F])([F])([F])[F].c1ccc(S[S+](Sc2ccccc2)c2ccccc2)cc1. The summed E-state index contributed by atoms with van der Waals surface area (Å²) in [5.41, 5.74) is 0. The topological polar surface area (TPSA) is 0 Å². The summed E-state index contributed by atoms with van der Waals surface area (Å²) in [6.07, 6.45) is 0.525. The van der Waals surface area contributed by atoms with Gasteiger partial charge in [0.2, 0.25) is 5.00 Å². The average molecular weight is 1280 g/mol. The largest absolute Gasteiger partial charge is 0.182 e. The molecule has 0 spiro atoms. The predicted octanol–water partition coefficient (Wildman–Crippen LogP) is 18.0. The molecule has 0 heterocycles. The van der Waals surface area contributed by atoms with Gasteiger partial charge in [0.05, 0.1) is 9.79 Å². The molecule has 366 valence electrons. The van der Waals surface area contributed by atoms with Crippen LogP contribution in [0.3, 0.4) is 0 Å². The molecular formula is C42H32F18S5Sb2. The van der Waals surface area contributed by atoms with Gasteiger partial charge < -0.3 is 0 Å². The van der Waals surface area contributed by atoms with Gasteiger partial charge in [-0.05, 0) is 78.9 Å². The summed E-state index contributed by atoms with van der Waals surface area (Å²) in [6, 6.07) is 54.0. The van der Waals surface area contributed by atoms with E-state index in [1.165, 1.54) is 87.5 Å². The molecule has 0 saturated heterocycles. The van der Waals surface area contributed by atoms with Gasteiger partial charge in [0, 0.05) is 11.0 Å². The Morgan fingerprint density at radius 1 is 0.328 bits per heavy atom. The summed E-state index contributed by atoms with van der Waals surface area (Å²) in [4.78, 5) is 4.22. The maximum Gasteiger partial charge on any atom is 0.182 e. The summed E-state index contributed by atoms with van der Waals surface area (Å²) < 4.78 is 212. The smallest absolute Gasteiger partial charge is 0.0622 e. The molecule has 0 amide bonds. The first-order valence-corrected chi connectivity index (χ1v) is 35.8. The summed E-state index contributed by atoms with van der Waals surface area (Å²) in [6.45, 7) is 0. The van der Waals surface area contributed by atoms with Crippen molar-refractivity contribution in [2.45, 2.75) is 51.2 Å². The molecule has 25 heteroatoms. The van der Waals surface area contributed by atoms with E-state index >= 15 is 26.3 Å². The zero-order valence-corrected chi connectivity index (χ0v) is 42.4. The first-order valence-electron chi connectivity index (χ1n) is 18.3. The fourth-order valence-corrected chi connectivity index (χ4v) is 14.9. The number of thioether (sulfide) groups is 1. The van der Waals surface area contributed by atoms with E-state index in [1.807, 2.05) is 21.6 Å². The normalized spacial score (nSPS) is 20.7. The fraction of sp³-hybridized carbons (Fsp3) is 0.0952. The molecule has 1 aliphatic carbocycles. The summed E-state index contributed by atoms with van der Waals surface area (Å²) in [7, 11) is 1.74. The quantitative estimate of drug-likeness (QED) is 0.0441. The van der Waals surface area contributed by atoms with Crippen LogP contribution in [-0.4, -0.2) is 60.8 Å². The Bertz CT molecular complexity index is 2390. The number of benzene rings is 6.